The van der Waals surface area contributed by atoms with Crippen molar-refractivity contribution in [2.75, 3.05) is 11.1 Å². The third-order valence-corrected chi connectivity index (χ3v) is 5.37. The minimum absolute atomic E-state index is 0.0464. The molecule has 0 aliphatic carbocycles. The second-order valence-corrected chi connectivity index (χ2v) is 7.37. The molecule has 0 spiro atoms. The van der Waals surface area contributed by atoms with Gasteiger partial charge in [-0.3, -0.25) is 4.79 Å². The molecule has 0 unspecified atom stereocenters. The summed E-state index contributed by atoms with van der Waals surface area (Å²) in [5.41, 5.74) is 4.41. The van der Waals surface area contributed by atoms with Crippen LogP contribution in [0.3, 0.4) is 0 Å². The van der Waals surface area contributed by atoms with Gasteiger partial charge in [0, 0.05) is 17.4 Å². The quantitative estimate of drug-likeness (QED) is 0.636. The number of nitrogens with zero attached hydrogens (tertiary/aromatic N) is 3. The van der Waals surface area contributed by atoms with Crippen molar-refractivity contribution < 1.29 is 9.32 Å². The number of amides is 1. The molecule has 27 heavy (non-hydrogen) atoms. The SMILES string of the molecule is CCc1ccc(Cn2nccc2NC(=O)CSCc2c(C)noc2C)cc1. The Hall–Kier alpha value is -2.54. The van der Waals surface area contributed by atoms with Crippen LogP contribution in [0.15, 0.2) is 41.1 Å². The third-order valence-electron chi connectivity index (χ3n) is 4.41. The molecule has 0 aliphatic rings. The summed E-state index contributed by atoms with van der Waals surface area (Å²) in [4.78, 5) is 12.3. The summed E-state index contributed by atoms with van der Waals surface area (Å²) in [5.74, 6) is 2.54. The van der Waals surface area contributed by atoms with Gasteiger partial charge in [-0.1, -0.05) is 36.3 Å². The highest BCUT2D eigenvalue weighted by atomic mass is 32.2. The van der Waals surface area contributed by atoms with Crippen LogP contribution < -0.4 is 5.32 Å². The van der Waals surface area contributed by atoms with E-state index in [-0.39, 0.29) is 5.91 Å². The van der Waals surface area contributed by atoms with Crippen LogP contribution in [0.1, 0.15) is 35.1 Å². The summed E-state index contributed by atoms with van der Waals surface area (Å²) < 4.78 is 6.95. The van der Waals surface area contributed by atoms with Crippen LogP contribution in [0.25, 0.3) is 0 Å². The smallest absolute Gasteiger partial charge is 0.235 e. The van der Waals surface area contributed by atoms with Crippen LogP contribution in [0.2, 0.25) is 0 Å². The molecule has 2 heterocycles. The van der Waals surface area contributed by atoms with E-state index in [2.05, 4.69) is 46.8 Å². The van der Waals surface area contributed by atoms with E-state index in [0.717, 1.165) is 29.0 Å². The Bertz CT molecular complexity index is 880. The zero-order valence-corrected chi connectivity index (χ0v) is 16.7. The number of carbonyl (C=O) groups is 1. The zero-order chi connectivity index (χ0) is 19.2. The summed E-state index contributed by atoms with van der Waals surface area (Å²) in [7, 11) is 0. The van der Waals surface area contributed by atoms with Crippen molar-refractivity contribution >= 4 is 23.5 Å². The van der Waals surface area contributed by atoms with E-state index in [1.165, 1.54) is 5.56 Å². The van der Waals surface area contributed by atoms with E-state index in [1.807, 2.05) is 19.9 Å². The number of hydrogen-bond donors (Lipinski definition) is 1. The van der Waals surface area contributed by atoms with Crippen molar-refractivity contribution in [1.82, 2.24) is 14.9 Å². The number of aromatic nitrogens is 3. The van der Waals surface area contributed by atoms with Gasteiger partial charge in [0.25, 0.3) is 0 Å². The Morgan fingerprint density at radius 3 is 2.59 bits per heavy atom. The fourth-order valence-corrected chi connectivity index (χ4v) is 3.73. The van der Waals surface area contributed by atoms with E-state index in [9.17, 15) is 4.79 Å². The first kappa shape index (κ1) is 19.2. The molecule has 7 heteroatoms. The molecular weight excluding hydrogens is 360 g/mol. The highest BCUT2D eigenvalue weighted by Crippen LogP contribution is 2.20. The molecule has 3 aromatic rings. The summed E-state index contributed by atoms with van der Waals surface area (Å²) in [6.07, 6.45) is 2.72. The highest BCUT2D eigenvalue weighted by molar-refractivity contribution is 7.99. The Morgan fingerprint density at radius 2 is 1.93 bits per heavy atom. The Morgan fingerprint density at radius 1 is 1.19 bits per heavy atom. The lowest BCUT2D eigenvalue weighted by atomic mass is 10.1. The lowest BCUT2D eigenvalue weighted by molar-refractivity contribution is -0.113. The van der Waals surface area contributed by atoms with Gasteiger partial charge in [-0.2, -0.15) is 5.10 Å². The molecule has 0 radical (unpaired) electrons. The normalized spacial score (nSPS) is 10.9. The predicted octanol–water partition coefficient (Wildman–Crippen LogP) is 3.97. The molecule has 3 rings (SSSR count). The molecule has 142 valence electrons. The van der Waals surface area contributed by atoms with E-state index < -0.39 is 0 Å². The zero-order valence-electron chi connectivity index (χ0n) is 15.9. The van der Waals surface area contributed by atoms with Crippen LogP contribution in [0, 0.1) is 13.8 Å². The number of aryl methyl sites for hydroxylation is 3. The van der Waals surface area contributed by atoms with Crippen LogP contribution in [0.4, 0.5) is 5.82 Å². The summed E-state index contributed by atoms with van der Waals surface area (Å²) in [5, 5.41) is 11.2. The topological polar surface area (TPSA) is 73.0 Å². The number of rotatable bonds is 8. The first-order valence-electron chi connectivity index (χ1n) is 8.95. The van der Waals surface area contributed by atoms with Gasteiger partial charge >= 0.3 is 0 Å². The Kier molecular flexibility index (Phi) is 6.34. The maximum absolute atomic E-state index is 12.3. The first-order valence-corrected chi connectivity index (χ1v) is 10.1. The van der Waals surface area contributed by atoms with Gasteiger partial charge < -0.3 is 9.84 Å². The molecule has 0 atom stereocenters. The van der Waals surface area contributed by atoms with Crippen LogP contribution in [-0.4, -0.2) is 26.6 Å². The largest absolute Gasteiger partial charge is 0.361 e. The predicted molar refractivity (Wildman–Crippen MR) is 108 cm³/mol. The van der Waals surface area contributed by atoms with Crippen LogP contribution >= 0.6 is 11.8 Å². The average Bonchev–Trinajstić information content (AvgIpc) is 3.23. The maximum atomic E-state index is 12.3. The second kappa shape index (κ2) is 8.90. The summed E-state index contributed by atoms with van der Waals surface area (Å²) >= 11 is 1.54. The van der Waals surface area contributed by atoms with Gasteiger partial charge in [0.1, 0.15) is 11.6 Å². The lowest BCUT2D eigenvalue weighted by Crippen LogP contribution is -2.18. The van der Waals surface area contributed by atoms with Crippen LogP contribution in [0.5, 0.6) is 0 Å². The van der Waals surface area contributed by atoms with E-state index in [0.29, 0.717) is 23.9 Å². The van der Waals surface area contributed by atoms with Crippen molar-refractivity contribution in [2.24, 2.45) is 0 Å². The molecule has 0 aliphatic heterocycles. The Balaban J connectivity index is 1.53. The molecule has 0 fully saturated rings. The molecule has 1 amide bonds. The van der Waals surface area contributed by atoms with Gasteiger partial charge in [0.05, 0.1) is 24.2 Å². The number of thioether (sulfide) groups is 1. The summed E-state index contributed by atoms with van der Waals surface area (Å²) in [6.45, 7) is 6.57. The fraction of sp³-hybridized carbons (Fsp3) is 0.350. The van der Waals surface area contributed by atoms with Crippen molar-refractivity contribution in [1.29, 1.82) is 0 Å². The third kappa shape index (κ3) is 5.01. The first-order chi connectivity index (χ1) is 13.1. The number of nitrogens with one attached hydrogen (secondary N) is 1. The van der Waals surface area contributed by atoms with Gasteiger partial charge in [0.2, 0.25) is 5.91 Å². The van der Waals surface area contributed by atoms with Gasteiger partial charge in [-0.25, -0.2) is 4.68 Å². The minimum atomic E-state index is -0.0464. The number of anilines is 1. The molecule has 0 bridgehead atoms. The van der Waals surface area contributed by atoms with Gasteiger partial charge in [-0.05, 0) is 31.4 Å². The van der Waals surface area contributed by atoms with Crippen molar-refractivity contribution in [3.63, 3.8) is 0 Å². The van der Waals surface area contributed by atoms with Crippen molar-refractivity contribution in [2.45, 2.75) is 39.5 Å². The standard InChI is InChI=1S/C20H24N4O2S/c1-4-16-5-7-17(8-6-16)11-24-19(9-10-21-24)22-20(25)13-27-12-18-14(2)23-26-15(18)3/h5-10H,4,11-13H2,1-3H3,(H,22,25). The number of benzene rings is 1. The highest BCUT2D eigenvalue weighted by Gasteiger charge is 2.12. The monoisotopic (exact) mass is 384 g/mol. The average molecular weight is 385 g/mol. The summed E-state index contributed by atoms with van der Waals surface area (Å²) in [6, 6.07) is 10.3. The van der Waals surface area contributed by atoms with E-state index in [1.54, 1.807) is 22.6 Å². The fourth-order valence-electron chi connectivity index (χ4n) is 2.75. The second-order valence-electron chi connectivity index (χ2n) is 6.39. The molecule has 0 saturated carbocycles. The molecular formula is C20H24N4O2S. The minimum Gasteiger partial charge on any atom is -0.361 e. The maximum Gasteiger partial charge on any atom is 0.235 e. The van der Waals surface area contributed by atoms with Gasteiger partial charge in [0.15, 0.2) is 0 Å². The molecule has 6 nitrogen and oxygen atoms in total. The van der Waals surface area contributed by atoms with E-state index >= 15 is 0 Å². The Labute approximate surface area is 163 Å². The number of hydrogen-bond acceptors (Lipinski definition) is 5. The van der Waals surface area contributed by atoms with Crippen LogP contribution in [-0.2, 0) is 23.5 Å². The van der Waals surface area contributed by atoms with Crippen molar-refractivity contribution in [3.8, 4) is 0 Å². The van der Waals surface area contributed by atoms with Gasteiger partial charge in [-0.15, -0.1) is 11.8 Å². The molecule has 2 aromatic heterocycles. The molecule has 0 saturated heterocycles. The molecule has 1 N–H and O–H groups in total. The number of carbonyl (C=O) groups excluding carboxylic acids is 1. The van der Waals surface area contributed by atoms with E-state index in [4.69, 9.17) is 4.52 Å². The molecule has 1 aromatic carbocycles. The van der Waals surface area contributed by atoms with Crippen molar-refractivity contribution in [3.05, 3.63) is 64.7 Å². The lowest BCUT2D eigenvalue weighted by Gasteiger charge is -2.09.